The minimum absolute atomic E-state index is 0. The molecule has 0 unspecified atom stereocenters. The van der Waals surface area contributed by atoms with Crippen molar-refractivity contribution in [1.29, 1.82) is 0 Å². The number of aromatic carboxylic acids is 1. The molecule has 1 aromatic heterocycles. The molecule has 9 heteroatoms. The molecule has 0 aliphatic heterocycles. The van der Waals surface area contributed by atoms with E-state index in [2.05, 4.69) is 15.3 Å². The number of aromatic nitrogens is 2. The van der Waals surface area contributed by atoms with E-state index in [0.717, 1.165) is 11.8 Å². The molecule has 0 aliphatic rings. The first-order chi connectivity index (χ1) is 9.06. The molecule has 0 bridgehead atoms. The second-order valence-corrected chi connectivity index (χ2v) is 4.12. The number of carboxylic acid groups (broad SMARTS) is 1. The van der Waals surface area contributed by atoms with Crippen LogP contribution in [0.1, 0.15) is 15.9 Å². The van der Waals surface area contributed by atoms with Crippen molar-refractivity contribution in [2.24, 2.45) is 0 Å². The third kappa shape index (κ3) is 6.12. The predicted molar refractivity (Wildman–Crippen MR) is 64.6 cm³/mol. The first kappa shape index (κ1) is 20.7. The molecular formula is C12H8ClN3Na2O3. The molecule has 2 aromatic rings. The van der Waals surface area contributed by atoms with Crippen LogP contribution in [0.2, 0.25) is 5.02 Å². The van der Waals surface area contributed by atoms with Crippen LogP contribution in [0.15, 0.2) is 30.5 Å². The summed E-state index contributed by atoms with van der Waals surface area (Å²) >= 11 is 5.75. The average molecular weight is 324 g/mol. The first-order valence-electron chi connectivity index (χ1n) is 5.30. The zero-order valence-corrected chi connectivity index (χ0v) is 16.3. The van der Waals surface area contributed by atoms with E-state index in [4.69, 9.17) is 11.6 Å². The maximum atomic E-state index is 11.3. The van der Waals surface area contributed by atoms with Crippen molar-refractivity contribution in [3.63, 3.8) is 0 Å². The zero-order valence-electron chi connectivity index (χ0n) is 11.6. The van der Waals surface area contributed by atoms with Gasteiger partial charge in [0.1, 0.15) is 0 Å². The molecule has 1 N–H and O–H groups in total. The molecule has 0 aliphatic carbocycles. The standard InChI is InChI=1S/C12H10ClN3O3.2Na/c13-8-3-1-7(2-4-8)5-14-12-15-6-9(11(18)19)10(17)16-12;;/h1-4,6H,5H2,(H,18,19)(H2,14,15,16,17);;/q;2*+1/p-2. The van der Waals surface area contributed by atoms with Crippen LogP contribution in [0.5, 0.6) is 5.88 Å². The third-order valence-electron chi connectivity index (χ3n) is 2.34. The quantitative estimate of drug-likeness (QED) is 0.563. The van der Waals surface area contributed by atoms with Crippen LogP contribution in [0, 0.1) is 0 Å². The largest absolute Gasteiger partial charge is 1.00 e. The Balaban J connectivity index is 0.00000200. The van der Waals surface area contributed by atoms with Gasteiger partial charge in [0, 0.05) is 29.2 Å². The van der Waals surface area contributed by atoms with E-state index in [1.165, 1.54) is 0 Å². The molecule has 98 valence electrons. The van der Waals surface area contributed by atoms with Crippen molar-refractivity contribution >= 4 is 23.5 Å². The number of benzene rings is 1. The predicted octanol–water partition coefficient (Wildman–Crippen LogP) is -5.81. The fourth-order valence-electron chi connectivity index (χ4n) is 1.37. The van der Waals surface area contributed by atoms with Gasteiger partial charge < -0.3 is 20.3 Å². The molecule has 0 amide bonds. The van der Waals surface area contributed by atoms with Gasteiger partial charge >= 0.3 is 59.1 Å². The number of nitrogens with zero attached hydrogens (tertiary/aromatic N) is 2. The Morgan fingerprint density at radius 3 is 2.38 bits per heavy atom. The summed E-state index contributed by atoms with van der Waals surface area (Å²) in [5.74, 6) is -2.41. The van der Waals surface area contributed by atoms with Crippen LogP contribution in [-0.4, -0.2) is 15.9 Å². The van der Waals surface area contributed by atoms with Gasteiger partial charge in [0.25, 0.3) is 0 Å². The van der Waals surface area contributed by atoms with Crippen LogP contribution in [0.4, 0.5) is 5.95 Å². The van der Waals surface area contributed by atoms with Gasteiger partial charge in [-0.3, -0.25) is 0 Å². The fraction of sp³-hybridized carbons (Fsp3) is 0.0833. The Hall–Kier alpha value is -0.340. The van der Waals surface area contributed by atoms with Crippen molar-refractivity contribution < 1.29 is 74.1 Å². The second-order valence-electron chi connectivity index (χ2n) is 3.68. The van der Waals surface area contributed by atoms with Crippen LogP contribution < -0.4 is 74.6 Å². The number of nitrogens with one attached hydrogen (secondary N) is 1. The number of hydrogen-bond donors (Lipinski definition) is 1. The Morgan fingerprint density at radius 2 is 1.86 bits per heavy atom. The van der Waals surface area contributed by atoms with Crippen molar-refractivity contribution in [2.75, 3.05) is 5.32 Å². The summed E-state index contributed by atoms with van der Waals surface area (Å²) in [5, 5.41) is 25.3. The Labute approximate surface area is 170 Å². The van der Waals surface area contributed by atoms with E-state index in [1.807, 2.05) is 12.1 Å². The van der Waals surface area contributed by atoms with Gasteiger partial charge in [-0.2, -0.15) is 0 Å². The van der Waals surface area contributed by atoms with Crippen molar-refractivity contribution in [1.82, 2.24) is 9.97 Å². The maximum absolute atomic E-state index is 11.3. The molecule has 6 nitrogen and oxygen atoms in total. The van der Waals surface area contributed by atoms with Crippen molar-refractivity contribution in [3.8, 4) is 5.88 Å². The van der Waals surface area contributed by atoms with Gasteiger partial charge in [0.15, 0.2) is 0 Å². The molecule has 0 saturated heterocycles. The van der Waals surface area contributed by atoms with Gasteiger partial charge in [0.2, 0.25) is 5.95 Å². The number of carbonyl (C=O) groups is 1. The monoisotopic (exact) mass is 323 g/mol. The van der Waals surface area contributed by atoms with E-state index < -0.39 is 17.4 Å². The number of rotatable bonds is 4. The molecule has 0 atom stereocenters. The minimum atomic E-state index is -1.59. The van der Waals surface area contributed by atoms with Gasteiger partial charge in [-0.15, -0.1) is 0 Å². The number of halogens is 1. The molecule has 1 aromatic carbocycles. The summed E-state index contributed by atoms with van der Waals surface area (Å²) < 4.78 is 0. The summed E-state index contributed by atoms with van der Waals surface area (Å²) in [7, 11) is 0. The Kier molecular flexibility index (Phi) is 9.48. The SMILES string of the molecule is O=C([O-])c1cnc(NCc2ccc(Cl)cc2)nc1[O-].[Na+].[Na+]. The molecule has 21 heavy (non-hydrogen) atoms. The number of hydrogen-bond acceptors (Lipinski definition) is 6. The second kappa shape index (κ2) is 9.63. The van der Waals surface area contributed by atoms with Gasteiger partial charge in [-0.1, -0.05) is 23.7 Å². The zero-order chi connectivity index (χ0) is 13.8. The Morgan fingerprint density at radius 1 is 1.24 bits per heavy atom. The summed E-state index contributed by atoms with van der Waals surface area (Å²) in [6, 6.07) is 7.08. The number of carbonyl (C=O) groups excluding carboxylic acids is 1. The summed E-state index contributed by atoms with van der Waals surface area (Å²) in [6.07, 6.45) is 0.925. The third-order valence-corrected chi connectivity index (χ3v) is 2.59. The summed E-state index contributed by atoms with van der Waals surface area (Å²) in [6.45, 7) is 0.390. The molecule has 0 saturated carbocycles. The van der Waals surface area contributed by atoms with Gasteiger partial charge in [0.05, 0.1) is 5.97 Å². The van der Waals surface area contributed by atoms with Crippen LogP contribution in [0.25, 0.3) is 0 Å². The smallest absolute Gasteiger partial charge is 0.858 e. The summed E-state index contributed by atoms with van der Waals surface area (Å²) in [5.41, 5.74) is 0.362. The minimum Gasteiger partial charge on any atom is -0.858 e. The van der Waals surface area contributed by atoms with Crippen LogP contribution in [-0.2, 0) is 6.54 Å². The van der Waals surface area contributed by atoms with Crippen molar-refractivity contribution in [2.45, 2.75) is 6.54 Å². The van der Waals surface area contributed by atoms with E-state index in [-0.39, 0.29) is 65.1 Å². The maximum Gasteiger partial charge on any atom is 1.00 e. The fourth-order valence-corrected chi connectivity index (χ4v) is 1.50. The summed E-state index contributed by atoms with van der Waals surface area (Å²) in [4.78, 5) is 17.7. The van der Waals surface area contributed by atoms with E-state index in [1.54, 1.807) is 12.1 Å². The molecule has 0 spiro atoms. The topological polar surface area (TPSA) is 101 Å². The van der Waals surface area contributed by atoms with Crippen molar-refractivity contribution in [3.05, 3.63) is 46.6 Å². The first-order valence-corrected chi connectivity index (χ1v) is 5.68. The van der Waals surface area contributed by atoms with Gasteiger partial charge in [-0.05, 0) is 17.7 Å². The average Bonchev–Trinajstić information content (AvgIpc) is 2.37. The number of carboxylic acids is 1. The molecule has 0 fully saturated rings. The van der Waals surface area contributed by atoms with Crippen LogP contribution in [0.3, 0.4) is 0 Å². The molecule has 2 rings (SSSR count). The van der Waals surface area contributed by atoms with E-state index in [9.17, 15) is 15.0 Å². The number of anilines is 1. The van der Waals surface area contributed by atoms with Crippen LogP contribution >= 0.6 is 11.6 Å². The molecule has 1 heterocycles. The van der Waals surface area contributed by atoms with E-state index >= 15 is 0 Å². The van der Waals surface area contributed by atoms with E-state index in [0.29, 0.717) is 11.6 Å². The normalized spacial score (nSPS) is 9.19. The molecular weight excluding hydrogens is 316 g/mol. The molecule has 0 radical (unpaired) electrons. The Bertz CT molecular complexity index is 611. The van der Waals surface area contributed by atoms with Gasteiger partial charge in [-0.25, -0.2) is 9.97 Å².